The number of ether oxygens (including phenoxy) is 1. The molecule has 2 heterocycles. The molecule has 1 atom stereocenters. The number of allylic oxidation sites excluding steroid dienone is 1. The van der Waals surface area contributed by atoms with E-state index in [1.54, 1.807) is 23.1 Å². The van der Waals surface area contributed by atoms with Crippen LogP contribution in [0.1, 0.15) is 35.7 Å². The summed E-state index contributed by atoms with van der Waals surface area (Å²) < 4.78 is 8.24. The maximum Gasteiger partial charge on any atom is 0.192 e. The van der Waals surface area contributed by atoms with Crippen LogP contribution in [0.3, 0.4) is 0 Å². The van der Waals surface area contributed by atoms with E-state index in [0.29, 0.717) is 6.54 Å². The Balaban J connectivity index is 1.47. The van der Waals surface area contributed by atoms with Crippen molar-refractivity contribution >= 4 is 23.1 Å². The average molecular weight is 463 g/mol. The van der Waals surface area contributed by atoms with E-state index in [-0.39, 0.29) is 6.10 Å². The number of thiazole rings is 1. The highest BCUT2D eigenvalue weighted by atomic mass is 32.2. The van der Waals surface area contributed by atoms with Gasteiger partial charge in [-0.15, -0.1) is 28.1 Å². The Morgan fingerprint density at radius 1 is 1.12 bits per heavy atom. The molecule has 4 rings (SSSR count). The van der Waals surface area contributed by atoms with Gasteiger partial charge in [-0.25, -0.2) is 4.98 Å². The molecule has 0 fully saturated rings. The molecule has 7 heteroatoms. The summed E-state index contributed by atoms with van der Waals surface area (Å²) in [5, 5.41) is 12.9. The van der Waals surface area contributed by atoms with Crippen LogP contribution in [0.15, 0.2) is 71.7 Å². The first-order chi connectivity index (χ1) is 15.5. The Hall–Kier alpha value is -2.90. The molecule has 164 valence electrons. The zero-order chi connectivity index (χ0) is 22.5. The number of rotatable bonds is 9. The predicted octanol–water partition coefficient (Wildman–Crippen LogP) is 6.64. The summed E-state index contributed by atoms with van der Waals surface area (Å²) in [6, 6.07) is 16.5. The van der Waals surface area contributed by atoms with Crippen LogP contribution in [0.5, 0.6) is 5.75 Å². The summed E-state index contributed by atoms with van der Waals surface area (Å²) in [4.78, 5) is 4.80. The molecule has 0 radical (unpaired) electrons. The van der Waals surface area contributed by atoms with Crippen LogP contribution in [0.2, 0.25) is 0 Å². The average Bonchev–Trinajstić information content (AvgIpc) is 3.42. The first-order valence-electron chi connectivity index (χ1n) is 10.5. The van der Waals surface area contributed by atoms with E-state index in [9.17, 15) is 0 Å². The summed E-state index contributed by atoms with van der Waals surface area (Å²) in [7, 11) is 0. The molecule has 0 amide bonds. The van der Waals surface area contributed by atoms with Gasteiger partial charge in [0.1, 0.15) is 10.8 Å². The molecular formula is C25H26N4OS2. The maximum absolute atomic E-state index is 6.18. The number of thioether (sulfide) groups is 1. The van der Waals surface area contributed by atoms with Crippen molar-refractivity contribution in [3.05, 3.63) is 89.2 Å². The van der Waals surface area contributed by atoms with Gasteiger partial charge in [0.2, 0.25) is 0 Å². The molecule has 1 unspecified atom stereocenters. The molecule has 0 saturated heterocycles. The van der Waals surface area contributed by atoms with Gasteiger partial charge in [0.15, 0.2) is 17.1 Å². The number of benzene rings is 2. The molecule has 0 aliphatic heterocycles. The van der Waals surface area contributed by atoms with Gasteiger partial charge >= 0.3 is 0 Å². The van der Waals surface area contributed by atoms with Crippen LogP contribution in [0, 0.1) is 13.8 Å². The summed E-state index contributed by atoms with van der Waals surface area (Å²) >= 11 is 3.30. The molecule has 0 spiro atoms. The first-order valence-corrected chi connectivity index (χ1v) is 12.3. The third-order valence-corrected chi connectivity index (χ3v) is 6.96. The van der Waals surface area contributed by atoms with E-state index in [0.717, 1.165) is 44.3 Å². The van der Waals surface area contributed by atoms with Gasteiger partial charge in [-0.05, 0) is 32.4 Å². The van der Waals surface area contributed by atoms with Crippen molar-refractivity contribution in [2.45, 2.75) is 44.3 Å². The van der Waals surface area contributed by atoms with Crippen LogP contribution in [0.25, 0.3) is 10.6 Å². The number of hydrogen-bond acceptors (Lipinski definition) is 6. The second-order valence-electron chi connectivity index (χ2n) is 7.56. The lowest BCUT2D eigenvalue weighted by atomic mass is 10.2. The fraction of sp³-hybridized carbons (Fsp3) is 0.240. The van der Waals surface area contributed by atoms with Gasteiger partial charge in [-0.3, -0.25) is 4.57 Å². The van der Waals surface area contributed by atoms with Crippen LogP contribution < -0.4 is 4.74 Å². The number of aryl methyl sites for hydroxylation is 2. The largest absolute Gasteiger partial charge is 0.482 e. The topological polar surface area (TPSA) is 52.8 Å². The molecule has 0 saturated carbocycles. The zero-order valence-corrected chi connectivity index (χ0v) is 20.1. The SMILES string of the molecule is C=CCn1c(SCc2csc(-c3ccc(C)cc3)n2)nnc1C(C)Oc1ccccc1C. The summed E-state index contributed by atoms with van der Waals surface area (Å²) in [6.07, 6.45) is 1.63. The third-order valence-electron chi connectivity index (χ3n) is 5.02. The molecule has 32 heavy (non-hydrogen) atoms. The smallest absolute Gasteiger partial charge is 0.192 e. The van der Waals surface area contributed by atoms with Crippen LogP contribution >= 0.6 is 23.1 Å². The van der Waals surface area contributed by atoms with E-state index >= 15 is 0 Å². The highest BCUT2D eigenvalue weighted by Crippen LogP contribution is 2.30. The molecule has 2 aromatic heterocycles. The van der Waals surface area contributed by atoms with Crippen molar-refractivity contribution in [1.29, 1.82) is 0 Å². The fourth-order valence-electron chi connectivity index (χ4n) is 3.28. The van der Waals surface area contributed by atoms with E-state index in [1.165, 1.54) is 5.56 Å². The van der Waals surface area contributed by atoms with E-state index in [2.05, 4.69) is 57.9 Å². The van der Waals surface area contributed by atoms with Crippen molar-refractivity contribution in [3.63, 3.8) is 0 Å². The Labute approximate surface area is 197 Å². The lowest BCUT2D eigenvalue weighted by Crippen LogP contribution is -2.12. The Morgan fingerprint density at radius 2 is 1.91 bits per heavy atom. The highest BCUT2D eigenvalue weighted by Gasteiger charge is 2.20. The number of nitrogens with zero attached hydrogens (tertiary/aromatic N) is 4. The second-order valence-corrected chi connectivity index (χ2v) is 9.36. The zero-order valence-electron chi connectivity index (χ0n) is 18.5. The van der Waals surface area contributed by atoms with E-state index in [4.69, 9.17) is 9.72 Å². The van der Waals surface area contributed by atoms with Crippen LogP contribution in [0.4, 0.5) is 0 Å². The highest BCUT2D eigenvalue weighted by molar-refractivity contribution is 7.98. The van der Waals surface area contributed by atoms with Gasteiger partial charge in [0, 0.05) is 23.2 Å². The number of para-hydroxylation sites is 1. The first kappa shape index (κ1) is 22.3. The van der Waals surface area contributed by atoms with Crippen LogP contribution in [-0.4, -0.2) is 19.7 Å². The minimum Gasteiger partial charge on any atom is -0.482 e. The summed E-state index contributed by atoms with van der Waals surface area (Å²) in [5.41, 5.74) is 4.53. The predicted molar refractivity (Wildman–Crippen MR) is 132 cm³/mol. The van der Waals surface area contributed by atoms with Crippen molar-refractivity contribution < 1.29 is 4.74 Å². The normalized spacial score (nSPS) is 12.0. The van der Waals surface area contributed by atoms with Gasteiger partial charge in [0.05, 0.1) is 5.69 Å². The lowest BCUT2D eigenvalue weighted by molar-refractivity contribution is 0.209. The number of aromatic nitrogens is 4. The van der Waals surface area contributed by atoms with E-state index < -0.39 is 0 Å². The Bertz CT molecular complexity index is 1200. The van der Waals surface area contributed by atoms with Gasteiger partial charge in [0.25, 0.3) is 0 Å². The molecule has 0 N–H and O–H groups in total. The molecule has 0 aliphatic carbocycles. The second kappa shape index (κ2) is 10.1. The molecule has 2 aromatic carbocycles. The molecular weight excluding hydrogens is 436 g/mol. The maximum atomic E-state index is 6.18. The van der Waals surface area contributed by atoms with E-state index in [1.807, 2.05) is 44.2 Å². The Morgan fingerprint density at radius 3 is 2.66 bits per heavy atom. The molecule has 0 aliphatic rings. The molecule has 0 bridgehead atoms. The van der Waals surface area contributed by atoms with Gasteiger partial charge in [-0.1, -0.05) is 65.9 Å². The van der Waals surface area contributed by atoms with Crippen molar-refractivity contribution in [1.82, 2.24) is 19.7 Å². The van der Waals surface area contributed by atoms with Crippen molar-refractivity contribution in [3.8, 4) is 16.3 Å². The lowest BCUT2D eigenvalue weighted by Gasteiger charge is -2.17. The van der Waals surface area contributed by atoms with Crippen LogP contribution in [-0.2, 0) is 12.3 Å². The monoisotopic (exact) mass is 462 g/mol. The summed E-state index contributed by atoms with van der Waals surface area (Å²) in [5.74, 6) is 2.37. The van der Waals surface area contributed by atoms with Gasteiger partial charge < -0.3 is 4.74 Å². The third kappa shape index (κ3) is 5.11. The minimum absolute atomic E-state index is 0.231. The van der Waals surface area contributed by atoms with Crippen molar-refractivity contribution in [2.75, 3.05) is 0 Å². The fourth-order valence-corrected chi connectivity index (χ4v) is 5.06. The van der Waals surface area contributed by atoms with Crippen molar-refractivity contribution in [2.24, 2.45) is 0 Å². The minimum atomic E-state index is -0.231. The Kier molecular flexibility index (Phi) is 7.07. The molecule has 5 nitrogen and oxygen atoms in total. The van der Waals surface area contributed by atoms with Gasteiger partial charge in [-0.2, -0.15) is 0 Å². The summed E-state index contributed by atoms with van der Waals surface area (Å²) in [6.45, 7) is 10.7. The quantitative estimate of drug-likeness (QED) is 0.206. The number of hydrogen-bond donors (Lipinski definition) is 0. The standard InChI is InChI=1S/C25H26N4OS2/c1-5-14-29-23(19(4)30-22-9-7-6-8-18(22)3)27-28-25(29)32-16-21-15-31-24(26-21)20-12-10-17(2)11-13-20/h5-13,15,19H,1,14,16H2,2-4H3. The molecule has 4 aromatic rings.